The predicted molar refractivity (Wildman–Crippen MR) is 85.9 cm³/mol. The van der Waals surface area contributed by atoms with Gasteiger partial charge in [-0.25, -0.2) is 0 Å². The van der Waals surface area contributed by atoms with E-state index >= 15 is 0 Å². The van der Waals surface area contributed by atoms with Gasteiger partial charge >= 0.3 is 0 Å². The van der Waals surface area contributed by atoms with Crippen molar-refractivity contribution in [2.45, 2.75) is 51.5 Å². The molecule has 5 heteroatoms. The Morgan fingerprint density at radius 2 is 2.14 bits per heavy atom. The number of hydrogen-bond acceptors (Lipinski definition) is 3. The number of halogens is 1. The van der Waals surface area contributed by atoms with Crippen LogP contribution in [0, 0.1) is 16.0 Å². The lowest BCUT2D eigenvalue weighted by atomic mass is 9.92. The molecule has 2 rings (SSSR count). The summed E-state index contributed by atoms with van der Waals surface area (Å²) in [6.45, 7) is 3.07. The van der Waals surface area contributed by atoms with Gasteiger partial charge in [0.05, 0.1) is 4.92 Å². The Morgan fingerprint density at radius 1 is 1.43 bits per heavy atom. The number of nitro groups is 1. The third-order valence-electron chi connectivity index (χ3n) is 4.40. The highest BCUT2D eigenvalue weighted by Gasteiger charge is 2.25. The topological polar surface area (TPSA) is 55.2 Å². The molecule has 21 heavy (non-hydrogen) atoms. The summed E-state index contributed by atoms with van der Waals surface area (Å²) in [5.41, 5.74) is 0.925. The standard InChI is InChI=1S/C16H23ClN2O2/c1-2-18-15(12-5-3-4-6-12)10-8-13-7-9-14(17)11-16(13)19(20)21/h7,9,11-12,15,18H,2-6,8,10H2,1H3. The number of hydrogen-bond donors (Lipinski definition) is 1. The molecule has 0 radical (unpaired) electrons. The molecule has 1 aliphatic carbocycles. The minimum Gasteiger partial charge on any atom is -0.314 e. The van der Waals surface area contributed by atoms with E-state index in [0.717, 1.165) is 30.9 Å². The van der Waals surface area contributed by atoms with E-state index in [-0.39, 0.29) is 10.6 Å². The smallest absolute Gasteiger partial charge is 0.274 e. The molecule has 0 heterocycles. The predicted octanol–water partition coefficient (Wildman–Crippen LogP) is 4.35. The van der Waals surface area contributed by atoms with Crippen LogP contribution in [0.15, 0.2) is 18.2 Å². The minimum absolute atomic E-state index is 0.143. The monoisotopic (exact) mass is 310 g/mol. The molecule has 0 saturated heterocycles. The molecule has 4 nitrogen and oxygen atoms in total. The summed E-state index contributed by atoms with van der Waals surface area (Å²) in [7, 11) is 0. The molecule has 0 amide bonds. The van der Waals surface area contributed by atoms with Gasteiger partial charge in [0, 0.05) is 22.7 Å². The molecule has 1 fully saturated rings. The van der Waals surface area contributed by atoms with Gasteiger partial charge in [0.25, 0.3) is 5.69 Å². The van der Waals surface area contributed by atoms with Gasteiger partial charge in [-0.3, -0.25) is 10.1 Å². The Labute approximate surface area is 131 Å². The fourth-order valence-corrected chi connectivity index (χ4v) is 3.52. The fourth-order valence-electron chi connectivity index (χ4n) is 3.36. The van der Waals surface area contributed by atoms with Crippen LogP contribution in [0.2, 0.25) is 5.02 Å². The Balaban J connectivity index is 2.04. The van der Waals surface area contributed by atoms with Crippen molar-refractivity contribution in [3.8, 4) is 0 Å². The number of nitrogens with zero attached hydrogens (tertiary/aromatic N) is 1. The average molecular weight is 311 g/mol. The van der Waals surface area contributed by atoms with E-state index in [4.69, 9.17) is 11.6 Å². The quantitative estimate of drug-likeness (QED) is 0.601. The molecule has 116 valence electrons. The van der Waals surface area contributed by atoms with Gasteiger partial charge in [-0.15, -0.1) is 0 Å². The van der Waals surface area contributed by atoms with Crippen molar-refractivity contribution in [2.24, 2.45) is 5.92 Å². The van der Waals surface area contributed by atoms with E-state index in [1.807, 2.05) is 0 Å². The van der Waals surface area contributed by atoms with E-state index in [2.05, 4.69) is 12.2 Å². The molecule has 1 unspecified atom stereocenters. The summed E-state index contributed by atoms with van der Waals surface area (Å²) in [5.74, 6) is 0.719. The normalized spacial score (nSPS) is 17.0. The molecule has 0 aromatic heterocycles. The van der Waals surface area contributed by atoms with Crippen molar-refractivity contribution >= 4 is 17.3 Å². The lowest BCUT2D eigenvalue weighted by Crippen LogP contribution is -2.35. The number of aryl methyl sites for hydroxylation is 1. The Hall–Kier alpha value is -1.13. The number of rotatable bonds is 7. The summed E-state index contributed by atoms with van der Waals surface area (Å²) in [6, 6.07) is 5.45. The van der Waals surface area contributed by atoms with Crippen LogP contribution in [0.5, 0.6) is 0 Å². The first-order valence-electron chi connectivity index (χ1n) is 7.78. The van der Waals surface area contributed by atoms with Gasteiger partial charge in [-0.2, -0.15) is 0 Å². The van der Waals surface area contributed by atoms with Crippen molar-refractivity contribution in [1.29, 1.82) is 0 Å². The zero-order valence-electron chi connectivity index (χ0n) is 12.5. The first-order valence-corrected chi connectivity index (χ1v) is 8.15. The van der Waals surface area contributed by atoms with Crippen molar-refractivity contribution in [1.82, 2.24) is 5.32 Å². The zero-order valence-corrected chi connectivity index (χ0v) is 13.2. The van der Waals surface area contributed by atoms with Crippen LogP contribution in [-0.4, -0.2) is 17.5 Å². The molecule has 1 aliphatic rings. The van der Waals surface area contributed by atoms with Crippen LogP contribution in [0.1, 0.15) is 44.6 Å². The molecule has 0 spiro atoms. The van der Waals surface area contributed by atoms with Crippen LogP contribution in [-0.2, 0) is 6.42 Å². The molecule has 0 aliphatic heterocycles. The van der Waals surface area contributed by atoms with Gasteiger partial charge in [0.15, 0.2) is 0 Å². The highest BCUT2D eigenvalue weighted by Crippen LogP contribution is 2.31. The molecule has 0 bridgehead atoms. The second kappa shape index (κ2) is 7.76. The van der Waals surface area contributed by atoms with Gasteiger partial charge in [-0.1, -0.05) is 37.4 Å². The van der Waals surface area contributed by atoms with Crippen LogP contribution in [0.4, 0.5) is 5.69 Å². The Kier molecular flexibility index (Phi) is 6.00. The third-order valence-corrected chi connectivity index (χ3v) is 4.64. The van der Waals surface area contributed by atoms with Crippen LogP contribution < -0.4 is 5.32 Å². The molecule has 1 saturated carbocycles. The first-order chi connectivity index (χ1) is 10.1. The van der Waals surface area contributed by atoms with E-state index in [1.54, 1.807) is 12.1 Å². The molecule has 1 atom stereocenters. The molecule has 1 N–H and O–H groups in total. The van der Waals surface area contributed by atoms with E-state index < -0.39 is 0 Å². The van der Waals surface area contributed by atoms with Gasteiger partial charge in [0.2, 0.25) is 0 Å². The van der Waals surface area contributed by atoms with Crippen molar-refractivity contribution < 1.29 is 4.92 Å². The van der Waals surface area contributed by atoms with Crippen LogP contribution in [0.25, 0.3) is 0 Å². The summed E-state index contributed by atoms with van der Waals surface area (Å²) >= 11 is 5.86. The number of nitrogens with one attached hydrogen (secondary N) is 1. The lowest BCUT2D eigenvalue weighted by Gasteiger charge is -2.24. The van der Waals surface area contributed by atoms with E-state index in [9.17, 15) is 10.1 Å². The van der Waals surface area contributed by atoms with Crippen molar-refractivity contribution in [2.75, 3.05) is 6.54 Å². The number of benzene rings is 1. The van der Waals surface area contributed by atoms with Crippen LogP contribution in [0.3, 0.4) is 0 Å². The second-order valence-corrected chi connectivity index (χ2v) is 6.21. The largest absolute Gasteiger partial charge is 0.314 e. The van der Waals surface area contributed by atoms with Gasteiger partial charge < -0.3 is 5.32 Å². The summed E-state index contributed by atoms with van der Waals surface area (Å²) in [6.07, 6.45) is 6.85. The van der Waals surface area contributed by atoms with Gasteiger partial charge in [0.1, 0.15) is 0 Å². The molecular formula is C16H23ClN2O2. The summed E-state index contributed by atoms with van der Waals surface area (Å²) in [5, 5.41) is 15.1. The van der Waals surface area contributed by atoms with Crippen LogP contribution >= 0.6 is 11.6 Å². The maximum atomic E-state index is 11.1. The summed E-state index contributed by atoms with van der Waals surface area (Å²) < 4.78 is 0. The van der Waals surface area contributed by atoms with E-state index in [0.29, 0.717) is 11.1 Å². The first kappa shape index (κ1) is 16.2. The second-order valence-electron chi connectivity index (χ2n) is 5.78. The minimum atomic E-state index is -0.334. The Morgan fingerprint density at radius 3 is 2.76 bits per heavy atom. The third kappa shape index (κ3) is 4.42. The average Bonchev–Trinajstić information content (AvgIpc) is 2.98. The molecule has 1 aromatic rings. The Bertz CT molecular complexity index is 487. The van der Waals surface area contributed by atoms with E-state index in [1.165, 1.54) is 31.7 Å². The number of nitro benzene ring substituents is 1. The highest BCUT2D eigenvalue weighted by molar-refractivity contribution is 6.30. The fraction of sp³-hybridized carbons (Fsp3) is 0.625. The molecule has 1 aromatic carbocycles. The highest BCUT2D eigenvalue weighted by atomic mass is 35.5. The zero-order chi connectivity index (χ0) is 15.2. The maximum absolute atomic E-state index is 11.1. The maximum Gasteiger partial charge on any atom is 0.274 e. The van der Waals surface area contributed by atoms with Gasteiger partial charge in [-0.05, 0) is 44.2 Å². The lowest BCUT2D eigenvalue weighted by molar-refractivity contribution is -0.385. The van der Waals surface area contributed by atoms with Crippen molar-refractivity contribution in [3.63, 3.8) is 0 Å². The summed E-state index contributed by atoms with van der Waals surface area (Å²) in [4.78, 5) is 10.8. The molecular weight excluding hydrogens is 288 g/mol. The SMILES string of the molecule is CCNC(CCc1ccc(Cl)cc1[N+](=O)[O-])C1CCCC1. The van der Waals surface area contributed by atoms with Crippen molar-refractivity contribution in [3.05, 3.63) is 38.9 Å².